The zero-order chi connectivity index (χ0) is 12.3. The van der Waals surface area contributed by atoms with Gasteiger partial charge < -0.3 is 10.2 Å². The molecule has 0 bridgehead atoms. The number of carboxylic acid groups (broad SMARTS) is 1. The Hall–Kier alpha value is -0.700. The van der Waals surface area contributed by atoms with Gasteiger partial charge in [-0.2, -0.15) is 17.4 Å². The maximum Gasteiger partial charge on any atom is 0.324 e. The van der Waals surface area contributed by atoms with Crippen molar-refractivity contribution >= 4 is 16.2 Å². The first kappa shape index (κ1) is 13.4. The highest BCUT2D eigenvalue weighted by Crippen LogP contribution is 2.12. The molecule has 1 saturated heterocycles. The molecule has 2 unspecified atom stereocenters. The number of hydrogen-bond acceptors (Lipinski definition) is 4. The molecule has 16 heavy (non-hydrogen) atoms. The monoisotopic (exact) mass is 252 g/mol. The molecule has 0 aromatic rings. The van der Waals surface area contributed by atoms with Crippen LogP contribution in [0.15, 0.2) is 0 Å². The normalized spacial score (nSPS) is 21.9. The molecule has 8 heteroatoms. The summed E-state index contributed by atoms with van der Waals surface area (Å²) in [5.41, 5.74) is 0. The zero-order valence-corrected chi connectivity index (χ0v) is 9.77. The van der Waals surface area contributed by atoms with Crippen molar-refractivity contribution in [3.63, 3.8) is 0 Å². The van der Waals surface area contributed by atoms with Gasteiger partial charge in [-0.05, 0) is 19.8 Å². The van der Waals surface area contributed by atoms with Gasteiger partial charge in [-0.15, -0.1) is 0 Å². The van der Waals surface area contributed by atoms with Gasteiger partial charge in [0.2, 0.25) is 0 Å². The lowest BCUT2D eigenvalue weighted by Crippen LogP contribution is -2.51. The lowest BCUT2D eigenvalue weighted by Gasteiger charge is -2.21. The first-order valence-electron chi connectivity index (χ1n) is 5.03. The maximum absolute atomic E-state index is 11.7. The summed E-state index contributed by atoms with van der Waals surface area (Å²) >= 11 is 0. The highest BCUT2D eigenvalue weighted by atomic mass is 32.2. The van der Waals surface area contributed by atoms with Crippen LogP contribution in [0.3, 0.4) is 0 Å². The topological polar surface area (TPSA) is 107 Å². The average Bonchev–Trinajstić information content (AvgIpc) is 2.66. The number of nitrogens with zero attached hydrogens (tertiary/aromatic N) is 1. The third kappa shape index (κ3) is 3.14. The molecule has 0 saturated carbocycles. The Balaban J connectivity index is 2.73. The number of rotatable bonds is 5. The van der Waals surface area contributed by atoms with Crippen molar-refractivity contribution in [2.24, 2.45) is 0 Å². The van der Waals surface area contributed by atoms with Gasteiger partial charge in [0.25, 0.3) is 10.2 Å². The van der Waals surface area contributed by atoms with Crippen LogP contribution in [0.4, 0.5) is 0 Å². The van der Waals surface area contributed by atoms with Crippen molar-refractivity contribution in [3.8, 4) is 0 Å². The van der Waals surface area contributed by atoms with E-state index in [9.17, 15) is 13.2 Å². The van der Waals surface area contributed by atoms with Crippen molar-refractivity contribution in [1.82, 2.24) is 9.03 Å². The van der Waals surface area contributed by atoms with Crippen LogP contribution in [-0.4, -0.2) is 54.1 Å². The van der Waals surface area contributed by atoms with Gasteiger partial charge in [0, 0.05) is 13.1 Å². The highest BCUT2D eigenvalue weighted by Gasteiger charge is 2.32. The van der Waals surface area contributed by atoms with E-state index >= 15 is 0 Å². The van der Waals surface area contributed by atoms with E-state index in [1.807, 2.05) is 4.72 Å². The van der Waals surface area contributed by atoms with E-state index < -0.39 is 28.3 Å². The first-order valence-corrected chi connectivity index (χ1v) is 6.47. The van der Waals surface area contributed by atoms with Crippen molar-refractivity contribution in [1.29, 1.82) is 0 Å². The van der Waals surface area contributed by atoms with E-state index in [2.05, 4.69) is 0 Å². The summed E-state index contributed by atoms with van der Waals surface area (Å²) in [7, 11) is -3.81. The summed E-state index contributed by atoms with van der Waals surface area (Å²) in [4.78, 5) is 10.7. The summed E-state index contributed by atoms with van der Waals surface area (Å²) in [6.07, 6.45) is 0.260. The van der Waals surface area contributed by atoms with E-state index in [1.54, 1.807) is 0 Å². The Morgan fingerprint density at radius 2 is 1.88 bits per heavy atom. The minimum atomic E-state index is -3.81. The molecule has 1 fully saturated rings. The Morgan fingerprint density at radius 3 is 2.25 bits per heavy atom. The smallest absolute Gasteiger partial charge is 0.324 e. The van der Waals surface area contributed by atoms with Crippen LogP contribution in [0.5, 0.6) is 0 Å². The molecule has 0 spiro atoms. The lowest BCUT2D eigenvalue weighted by atomic mass is 10.2. The molecule has 1 rings (SSSR count). The van der Waals surface area contributed by atoms with Crippen LogP contribution >= 0.6 is 0 Å². The fourth-order valence-corrected chi connectivity index (χ4v) is 3.03. The van der Waals surface area contributed by atoms with Crippen LogP contribution in [0.1, 0.15) is 19.8 Å². The minimum Gasteiger partial charge on any atom is -0.480 e. The molecule has 0 aliphatic carbocycles. The van der Waals surface area contributed by atoms with E-state index in [0.717, 1.165) is 12.8 Å². The predicted octanol–water partition coefficient (Wildman–Crippen LogP) is -1.25. The largest absolute Gasteiger partial charge is 0.480 e. The Morgan fingerprint density at radius 1 is 1.38 bits per heavy atom. The van der Waals surface area contributed by atoms with Gasteiger partial charge in [-0.25, -0.2) is 0 Å². The molecule has 3 N–H and O–H groups in total. The summed E-state index contributed by atoms with van der Waals surface area (Å²) in [5.74, 6) is -1.39. The molecule has 0 aromatic heterocycles. The van der Waals surface area contributed by atoms with Gasteiger partial charge >= 0.3 is 5.97 Å². The van der Waals surface area contributed by atoms with Crippen LogP contribution in [0, 0.1) is 0 Å². The van der Waals surface area contributed by atoms with Gasteiger partial charge in [-0.1, -0.05) is 0 Å². The fraction of sp³-hybridized carbons (Fsp3) is 0.875. The van der Waals surface area contributed by atoms with Gasteiger partial charge in [0.1, 0.15) is 6.04 Å². The highest BCUT2D eigenvalue weighted by molar-refractivity contribution is 7.87. The second-order valence-electron chi connectivity index (χ2n) is 3.79. The molecular formula is C8H16N2O5S. The number of aliphatic hydroxyl groups is 1. The second-order valence-corrected chi connectivity index (χ2v) is 5.49. The standard InChI is InChI=1S/C8H16N2O5S/c1-6(11)7(8(12)13)9-16(14,15)10-4-2-3-5-10/h6-7,9,11H,2-5H2,1H3,(H,12,13). The molecule has 0 amide bonds. The number of carboxylic acids is 1. The number of carbonyl (C=O) groups is 1. The van der Waals surface area contributed by atoms with Crippen molar-refractivity contribution in [2.45, 2.75) is 31.9 Å². The SMILES string of the molecule is CC(O)C(NS(=O)(=O)N1CCCC1)C(=O)O. The van der Waals surface area contributed by atoms with Crippen LogP contribution in [0.25, 0.3) is 0 Å². The van der Waals surface area contributed by atoms with E-state index in [0.29, 0.717) is 13.1 Å². The number of nitrogens with one attached hydrogen (secondary N) is 1. The summed E-state index contributed by atoms with van der Waals surface area (Å²) in [5, 5.41) is 17.9. The fourth-order valence-electron chi connectivity index (χ4n) is 1.52. The van der Waals surface area contributed by atoms with Crippen molar-refractivity contribution < 1.29 is 23.4 Å². The molecular weight excluding hydrogens is 236 g/mol. The Labute approximate surface area is 94.2 Å². The quantitative estimate of drug-likeness (QED) is 0.567. The molecule has 0 aromatic carbocycles. The van der Waals surface area contributed by atoms with Gasteiger partial charge in [-0.3, -0.25) is 4.79 Å². The molecule has 94 valence electrons. The minimum absolute atomic E-state index is 0.390. The maximum atomic E-state index is 11.7. The van der Waals surface area contributed by atoms with Gasteiger partial charge in [0.05, 0.1) is 6.10 Å². The van der Waals surface area contributed by atoms with E-state index in [-0.39, 0.29) is 0 Å². The lowest BCUT2D eigenvalue weighted by molar-refractivity contribution is -0.141. The van der Waals surface area contributed by atoms with Crippen molar-refractivity contribution in [2.75, 3.05) is 13.1 Å². The van der Waals surface area contributed by atoms with Crippen LogP contribution in [-0.2, 0) is 15.0 Å². The molecule has 1 heterocycles. The van der Waals surface area contributed by atoms with Gasteiger partial charge in [0.15, 0.2) is 0 Å². The Bertz CT molecular complexity index is 347. The number of hydrogen-bond donors (Lipinski definition) is 3. The molecule has 7 nitrogen and oxygen atoms in total. The van der Waals surface area contributed by atoms with E-state index in [4.69, 9.17) is 10.2 Å². The molecule has 2 atom stereocenters. The summed E-state index contributed by atoms with van der Waals surface area (Å²) in [6.45, 7) is 2.01. The Kier molecular flexibility index (Phi) is 4.25. The summed E-state index contributed by atoms with van der Waals surface area (Å²) in [6, 6.07) is -1.51. The molecule has 1 aliphatic rings. The predicted molar refractivity (Wildman–Crippen MR) is 56.0 cm³/mol. The average molecular weight is 252 g/mol. The number of aliphatic carboxylic acids is 1. The van der Waals surface area contributed by atoms with Crippen LogP contribution in [0.2, 0.25) is 0 Å². The third-order valence-corrected chi connectivity index (χ3v) is 4.03. The van der Waals surface area contributed by atoms with Crippen LogP contribution < -0.4 is 4.72 Å². The molecule has 0 radical (unpaired) electrons. The summed E-state index contributed by atoms with van der Waals surface area (Å²) < 4.78 is 26.6. The second kappa shape index (κ2) is 5.09. The van der Waals surface area contributed by atoms with E-state index in [1.165, 1.54) is 11.2 Å². The first-order chi connectivity index (χ1) is 7.34. The third-order valence-electron chi connectivity index (χ3n) is 2.43. The zero-order valence-electron chi connectivity index (χ0n) is 8.96. The number of aliphatic hydroxyl groups excluding tert-OH is 1. The van der Waals surface area contributed by atoms with Crippen molar-refractivity contribution in [3.05, 3.63) is 0 Å². The molecule has 1 aliphatic heterocycles.